The van der Waals surface area contributed by atoms with Crippen molar-refractivity contribution >= 4 is 44.5 Å². The lowest BCUT2D eigenvalue weighted by Gasteiger charge is -2.39. The number of carbonyl (C=O) groups is 1. The predicted molar refractivity (Wildman–Crippen MR) is 135 cm³/mol. The van der Waals surface area contributed by atoms with Gasteiger partial charge in [0.15, 0.2) is 23.1 Å². The molecular weight excluding hydrogens is 506 g/mol. The number of furan rings is 1. The molecule has 1 atom stereocenters. The minimum atomic E-state index is -4.17. The van der Waals surface area contributed by atoms with E-state index in [1.165, 1.54) is 18.2 Å². The van der Waals surface area contributed by atoms with E-state index in [4.69, 9.17) is 31.6 Å². The van der Waals surface area contributed by atoms with Gasteiger partial charge < -0.3 is 19.9 Å². The molecule has 0 bridgehead atoms. The molecule has 36 heavy (non-hydrogen) atoms. The Morgan fingerprint density at radius 1 is 1.33 bits per heavy atom. The minimum Gasteiger partial charge on any atom is -0.440 e. The van der Waals surface area contributed by atoms with Crippen LogP contribution in [0.25, 0.3) is 11.1 Å². The highest BCUT2D eigenvalue weighted by atomic mass is 35.5. The predicted octanol–water partition coefficient (Wildman–Crippen LogP) is 4.02. The Morgan fingerprint density at radius 3 is 2.78 bits per heavy atom. The van der Waals surface area contributed by atoms with E-state index in [0.717, 1.165) is 18.4 Å². The van der Waals surface area contributed by atoms with Crippen molar-refractivity contribution in [3.63, 3.8) is 0 Å². The molecule has 0 unspecified atom stereocenters. The summed E-state index contributed by atoms with van der Waals surface area (Å²) in [5, 5.41) is 11.4. The van der Waals surface area contributed by atoms with Crippen molar-refractivity contribution < 1.29 is 22.0 Å². The van der Waals surface area contributed by atoms with Crippen molar-refractivity contribution in [1.29, 1.82) is 5.41 Å². The van der Waals surface area contributed by atoms with E-state index >= 15 is 0 Å². The zero-order chi connectivity index (χ0) is 26.1. The summed E-state index contributed by atoms with van der Waals surface area (Å²) >= 11 is 6.03. The number of hydrogen-bond acceptors (Lipinski definition) is 8. The van der Waals surface area contributed by atoms with E-state index < -0.39 is 26.7 Å². The topological polar surface area (TPSA) is 164 Å². The van der Waals surface area contributed by atoms with Crippen molar-refractivity contribution in [3.05, 3.63) is 59.7 Å². The average Bonchev–Trinajstić information content (AvgIpc) is 3.43. The number of nitrogens with zero attached hydrogens (tertiary/aromatic N) is 1. The number of amides is 1. The van der Waals surface area contributed by atoms with E-state index in [2.05, 4.69) is 16.9 Å². The van der Waals surface area contributed by atoms with E-state index in [0.29, 0.717) is 29.3 Å². The summed E-state index contributed by atoms with van der Waals surface area (Å²) in [5.41, 5.74) is 6.75. The molecule has 2 heterocycles. The molecule has 10 nitrogen and oxygen atoms in total. The summed E-state index contributed by atoms with van der Waals surface area (Å²) in [6, 6.07) is 7.84. The fourth-order valence-corrected chi connectivity index (χ4v) is 5.35. The van der Waals surface area contributed by atoms with Crippen molar-refractivity contribution in [2.24, 2.45) is 11.7 Å². The standard InChI is InChI=1S/C24H28ClN5O5S/c1-3-5-20(31)30-36(32,33)21-9-8-19(34-21)22(26)29-24(27,4-2)13-14-10-15(11-14)23-28-17-12-16(25)6-7-18(17)35-23/h4,6-9,12,14-15H,2-3,5,10-11,13,27H2,1H3,(H2,26,29)(H,30,31)/t14-,15-,24-/m0/s1. The van der Waals surface area contributed by atoms with Gasteiger partial charge in [-0.2, -0.15) is 8.42 Å². The van der Waals surface area contributed by atoms with Gasteiger partial charge in [-0.3, -0.25) is 10.2 Å². The van der Waals surface area contributed by atoms with Gasteiger partial charge in [-0.1, -0.05) is 31.2 Å². The molecule has 4 rings (SSSR count). The van der Waals surface area contributed by atoms with Gasteiger partial charge in [0.25, 0.3) is 10.0 Å². The Morgan fingerprint density at radius 2 is 2.08 bits per heavy atom. The molecule has 1 saturated carbocycles. The molecule has 0 aliphatic heterocycles. The van der Waals surface area contributed by atoms with Gasteiger partial charge in [0.2, 0.25) is 11.0 Å². The second-order valence-electron chi connectivity index (χ2n) is 9.04. The Labute approximate surface area is 213 Å². The number of rotatable bonds is 10. The Hall–Kier alpha value is -3.15. The van der Waals surface area contributed by atoms with Crippen LogP contribution in [0, 0.1) is 11.3 Å². The largest absolute Gasteiger partial charge is 0.440 e. The van der Waals surface area contributed by atoms with E-state index in [9.17, 15) is 13.2 Å². The van der Waals surface area contributed by atoms with Gasteiger partial charge in [-0.15, -0.1) is 0 Å². The summed E-state index contributed by atoms with van der Waals surface area (Å²) in [5.74, 6) is 0.197. The third-order valence-corrected chi connectivity index (χ3v) is 7.60. The first kappa shape index (κ1) is 25.9. The minimum absolute atomic E-state index is 0.0355. The smallest absolute Gasteiger partial charge is 0.297 e. The van der Waals surface area contributed by atoms with Crippen LogP contribution in [0.4, 0.5) is 0 Å². The Kier molecular flexibility index (Phi) is 7.26. The van der Waals surface area contributed by atoms with E-state index in [-0.39, 0.29) is 29.9 Å². The number of nitrogens with one attached hydrogen (secondary N) is 3. The maximum absolute atomic E-state index is 12.3. The van der Waals surface area contributed by atoms with Crippen LogP contribution in [0.3, 0.4) is 0 Å². The zero-order valence-electron chi connectivity index (χ0n) is 19.7. The number of fused-ring (bicyclic) bond motifs is 1. The molecule has 5 N–H and O–H groups in total. The highest BCUT2D eigenvalue weighted by molar-refractivity contribution is 7.89. The molecule has 1 aromatic carbocycles. The molecule has 1 aliphatic carbocycles. The van der Waals surface area contributed by atoms with Gasteiger partial charge >= 0.3 is 0 Å². The highest BCUT2D eigenvalue weighted by Crippen LogP contribution is 2.45. The summed E-state index contributed by atoms with van der Waals surface area (Å²) < 4.78 is 37.8. The SMILES string of the molecule is C=C[C@@](N)(C[C@H]1C[C@H](c2nc3cc(Cl)ccc3o2)C1)NC(=N)c1ccc(S(=O)(=O)NC(=O)CCC)o1. The fraction of sp³-hybridized carbons (Fsp3) is 0.375. The maximum atomic E-state index is 12.3. The van der Waals surface area contributed by atoms with Crippen LogP contribution < -0.4 is 15.8 Å². The lowest BCUT2D eigenvalue weighted by atomic mass is 9.71. The molecule has 1 fully saturated rings. The first-order chi connectivity index (χ1) is 17.0. The second kappa shape index (κ2) is 10.1. The lowest BCUT2D eigenvalue weighted by Crippen LogP contribution is -2.56. The molecule has 1 amide bonds. The summed E-state index contributed by atoms with van der Waals surface area (Å²) in [6.07, 6.45) is 4.20. The number of benzene rings is 1. The third kappa shape index (κ3) is 5.63. The van der Waals surface area contributed by atoms with Crippen LogP contribution in [0.1, 0.15) is 56.6 Å². The van der Waals surface area contributed by atoms with Crippen LogP contribution in [0.15, 0.2) is 56.9 Å². The molecule has 0 radical (unpaired) electrons. The number of sulfonamides is 1. The van der Waals surface area contributed by atoms with Crippen molar-refractivity contribution in [3.8, 4) is 0 Å². The first-order valence-corrected chi connectivity index (χ1v) is 13.4. The van der Waals surface area contributed by atoms with Crippen LogP contribution in [-0.4, -0.2) is 30.8 Å². The fourth-order valence-electron chi connectivity index (χ4n) is 4.23. The van der Waals surface area contributed by atoms with Gasteiger partial charge in [0.05, 0.1) is 0 Å². The van der Waals surface area contributed by atoms with Crippen LogP contribution in [0.5, 0.6) is 0 Å². The molecule has 1 aliphatic rings. The number of hydrogen-bond donors (Lipinski definition) is 4. The van der Waals surface area contributed by atoms with Gasteiger partial charge in [-0.05, 0) is 61.9 Å². The van der Waals surface area contributed by atoms with Crippen LogP contribution in [-0.2, 0) is 14.8 Å². The first-order valence-electron chi connectivity index (χ1n) is 11.5. The molecule has 12 heteroatoms. The van der Waals surface area contributed by atoms with Crippen LogP contribution >= 0.6 is 11.6 Å². The number of nitrogens with two attached hydrogens (primary N) is 1. The number of carbonyl (C=O) groups excluding carboxylic acids is 1. The van der Waals surface area contributed by atoms with Crippen molar-refractivity contribution in [2.45, 2.75) is 55.7 Å². The third-order valence-electron chi connectivity index (χ3n) is 6.12. The highest BCUT2D eigenvalue weighted by Gasteiger charge is 2.38. The second-order valence-corrected chi connectivity index (χ2v) is 11.1. The Bertz CT molecular complexity index is 1410. The average molecular weight is 534 g/mol. The molecule has 3 aromatic rings. The van der Waals surface area contributed by atoms with Crippen molar-refractivity contribution in [2.75, 3.05) is 0 Å². The monoisotopic (exact) mass is 533 g/mol. The molecule has 0 spiro atoms. The summed E-state index contributed by atoms with van der Waals surface area (Å²) in [7, 11) is -4.17. The molecule has 192 valence electrons. The quantitative estimate of drug-likeness (QED) is 0.131. The van der Waals surface area contributed by atoms with Gasteiger partial charge in [0.1, 0.15) is 11.2 Å². The summed E-state index contributed by atoms with van der Waals surface area (Å²) in [6.45, 7) is 5.56. The zero-order valence-corrected chi connectivity index (χ0v) is 21.3. The molecule has 2 aromatic heterocycles. The Balaban J connectivity index is 1.35. The maximum Gasteiger partial charge on any atom is 0.297 e. The van der Waals surface area contributed by atoms with Gasteiger partial charge in [0, 0.05) is 17.4 Å². The van der Waals surface area contributed by atoms with Crippen molar-refractivity contribution in [1.82, 2.24) is 15.0 Å². The number of aromatic nitrogens is 1. The molecular formula is C24H28ClN5O5S. The van der Waals surface area contributed by atoms with E-state index in [1.54, 1.807) is 25.1 Å². The lowest BCUT2D eigenvalue weighted by molar-refractivity contribution is -0.119. The van der Waals surface area contributed by atoms with Gasteiger partial charge in [-0.25, -0.2) is 9.71 Å². The van der Waals surface area contributed by atoms with Crippen LogP contribution in [0.2, 0.25) is 5.02 Å². The number of halogens is 1. The number of oxazole rings is 1. The normalized spacial score (nSPS) is 19.3. The molecule has 0 saturated heterocycles. The number of amidine groups is 1. The van der Waals surface area contributed by atoms with E-state index in [1.807, 2.05) is 4.72 Å². The summed E-state index contributed by atoms with van der Waals surface area (Å²) in [4.78, 5) is 16.2.